The molecule has 1 aliphatic rings. The topological polar surface area (TPSA) is 60.2 Å². The molecule has 1 aromatic heterocycles. The number of nitrogens with zero attached hydrogens (tertiary/aromatic N) is 1. The van der Waals surface area contributed by atoms with Crippen molar-refractivity contribution >= 4 is 0 Å². The van der Waals surface area contributed by atoms with Crippen molar-refractivity contribution in [3.05, 3.63) is 29.6 Å². The summed E-state index contributed by atoms with van der Waals surface area (Å²) < 4.78 is 5.70. The molecule has 0 aliphatic heterocycles. The molecular weight excluding hydrogens is 226 g/mol. The minimum absolute atomic E-state index is 0.0867. The maximum atomic E-state index is 5.79. The molecule has 3 unspecified atom stereocenters. The van der Waals surface area contributed by atoms with Gasteiger partial charge in [-0.15, -0.1) is 0 Å². The largest absolute Gasteiger partial charge is 0.377 e. The number of aryl methyl sites for hydroxylation is 1. The second-order valence-electron chi connectivity index (χ2n) is 5.21. The summed E-state index contributed by atoms with van der Waals surface area (Å²) in [5, 5.41) is 0. The van der Waals surface area contributed by atoms with E-state index < -0.39 is 0 Å². The van der Waals surface area contributed by atoms with Gasteiger partial charge >= 0.3 is 0 Å². The van der Waals surface area contributed by atoms with Crippen LogP contribution in [0.3, 0.4) is 0 Å². The number of nitrogens with two attached hydrogens (primary N) is 1. The Bertz CT molecular complexity index is 404. The molecule has 2 rings (SSSR count). The third kappa shape index (κ3) is 2.16. The van der Waals surface area contributed by atoms with Crippen molar-refractivity contribution in [3.63, 3.8) is 0 Å². The fraction of sp³-hybridized carbons (Fsp3) is 0.643. The van der Waals surface area contributed by atoms with Crippen molar-refractivity contribution in [2.24, 2.45) is 5.84 Å². The Morgan fingerprint density at radius 2 is 2.44 bits per heavy atom. The van der Waals surface area contributed by atoms with Crippen molar-refractivity contribution < 1.29 is 4.74 Å². The van der Waals surface area contributed by atoms with E-state index in [0.29, 0.717) is 5.92 Å². The van der Waals surface area contributed by atoms with Gasteiger partial charge in [-0.3, -0.25) is 16.3 Å². The van der Waals surface area contributed by atoms with Gasteiger partial charge in [0, 0.05) is 24.9 Å². The summed E-state index contributed by atoms with van der Waals surface area (Å²) in [6, 6.07) is 4.25. The zero-order valence-corrected chi connectivity index (χ0v) is 11.4. The first-order valence-electron chi connectivity index (χ1n) is 6.61. The molecule has 0 amide bonds. The van der Waals surface area contributed by atoms with Crippen LogP contribution in [0.2, 0.25) is 0 Å². The first-order chi connectivity index (χ1) is 8.66. The van der Waals surface area contributed by atoms with Crippen LogP contribution in [0.25, 0.3) is 0 Å². The Morgan fingerprint density at radius 1 is 1.67 bits per heavy atom. The fourth-order valence-corrected chi connectivity index (χ4v) is 2.98. The molecule has 0 bridgehead atoms. The van der Waals surface area contributed by atoms with E-state index in [1.165, 1.54) is 11.3 Å². The van der Waals surface area contributed by atoms with Gasteiger partial charge in [-0.1, -0.05) is 13.0 Å². The number of hydrazine groups is 1. The van der Waals surface area contributed by atoms with E-state index >= 15 is 0 Å². The first-order valence-corrected chi connectivity index (χ1v) is 6.61. The number of pyridine rings is 1. The van der Waals surface area contributed by atoms with Crippen LogP contribution < -0.4 is 11.3 Å². The normalized spacial score (nSPS) is 23.4. The van der Waals surface area contributed by atoms with Gasteiger partial charge in [0.15, 0.2) is 0 Å². The number of hydrogen-bond donors (Lipinski definition) is 2. The molecule has 0 radical (unpaired) electrons. The summed E-state index contributed by atoms with van der Waals surface area (Å²) in [7, 11) is 1.75. The zero-order valence-electron chi connectivity index (χ0n) is 11.4. The molecule has 3 N–H and O–H groups in total. The lowest BCUT2D eigenvalue weighted by atomic mass is 9.82. The van der Waals surface area contributed by atoms with Gasteiger partial charge in [0.2, 0.25) is 0 Å². The second-order valence-corrected chi connectivity index (χ2v) is 5.21. The summed E-state index contributed by atoms with van der Waals surface area (Å²) in [6.45, 7) is 4.24. The standard InChI is InChI=1S/C14H23N3O/c1-4-14(2,18-3)13(17-15)11-8-7-10-6-5-9-16-12(10)11/h5-6,9,11,13,17H,4,7-8,15H2,1-3H3. The Hall–Kier alpha value is -0.970. The van der Waals surface area contributed by atoms with Gasteiger partial charge in [0.25, 0.3) is 0 Å². The number of ether oxygens (including phenoxy) is 1. The van der Waals surface area contributed by atoms with Crippen LogP contribution in [0.4, 0.5) is 0 Å². The predicted molar refractivity (Wildman–Crippen MR) is 72.1 cm³/mol. The quantitative estimate of drug-likeness (QED) is 0.616. The summed E-state index contributed by atoms with van der Waals surface area (Å²) in [6.07, 6.45) is 4.94. The lowest BCUT2D eigenvalue weighted by Crippen LogP contribution is -2.55. The van der Waals surface area contributed by atoms with Gasteiger partial charge in [0.05, 0.1) is 11.6 Å². The van der Waals surface area contributed by atoms with Gasteiger partial charge in [-0.2, -0.15) is 0 Å². The van der Waals surface area contributed by atoms with Crippen LogP contribution in [0.1, 0.15) is 43.9 Å². The van der Waals surface area contributed by atoms with Crippen molar-refractivity contribution in [3.8, 4) is 0 Å². The van der Waals surface area contributed by atoms with Crippen LogP contribution in [-0.4, -0.2) is 23.7 Å². The third-order valence-corrected chi connectivity index (χ3v) is 4.41. The summed E-state index contributed by atoms with van der Waals surface area (Å²) in [5.74, 6) is 6.12. The minimum Gasteiger partial charge on any atom is -0.377 e. The van der Waals surface area contributed by atoms with Crippen molar-refractivity contribution in [1.29, 1.82) is 0 Å². The Labute approximate surface area is 109 Å². The van der Waals surface area contributed by atoms with Crippen LogP contribution in [0, 0.1) is 0 Å². The maximum absolute atomic E-state index is 5.79. The maximum Gasteiger partial charge on any atom is 0.0820 e. The summed E-state index contributed by atoms with van der Waals surface area (Å²) in [4.78, 5) is 4.54. The smallest absolute Gasteiger partial charge is 0.0820 e. The van der Waals surface area contributed by atoms with E-state index in [1.54, 1.807) is 7.11 Å². The van der Waals surface area contributed by atoms with Gasteiger partial charge < -0.3 is 4.74 Å². The number of fused-ring (bicyclic) bond motifs is 1. The average molecular weight is 249 g/mol. The number of aromatic nitrogens is 1. The van der Waals surface area contributed by atoms with E-state index in [0.717, 1.165) is 19.3 Å². The van der Waals surface area contributed by atoms with Gasteiger partial charge in [0.1, 0.15) is 0 Å². The van der Waals surface area contributed by atoms with E-state index in [1.807, 2.05) is 12.3 Å². The van der Waals surface area contributed by atoms with Crippen LogP contribution in [0.15, 0.2) is 18.3 Å². The van der Waals surface area contributed by atoms with E-state index in [2.05, 4.69) is 30.3 Å². The summed E-state index contributed by atoms with van der Waals surface area (Å²) >= 11 is 0. The van der Waals surface area contributed by atoms with Crippen LogP contribution in [-0.2, 0) is 11.2 Å². The van der Waals surface area contributed by atoms with E-state index in [4.69, 9.17) is 10.6 Å². The summed E-state index contributed by atoms with van der Waals surface area (Å²) in [5.41, 5.74) is 5.22. The molecule has 4 nitrogen and oxygen atoms in total. The SMILES string of the molecule is CCC(C)(OC)C(NN)C1CCc2cccnc21. The highest BCUT2D eigenvalue weighted by Crippen LogP contribution is 2.38. The molecule has 0 aromatic carbocycles. The highest BCUT2D eigenvalue weighted by Gasteiger charge is 2.41. The van der Waals surface area contributed by atoms with Gasteiger partial charge in [-0.05, 0) is 37.8 Å². The Morgan fingerprint density at radius 3 is 3.06 bits per heavy atom. The average Bonchev–Trinajstić information content (AvgIpc) is 2.83. The predicted octanol–water partition coefficient (Wildman–Crippen LogP) is 1.76. The molecule has 1 heterocycles. The first kappa shape index (κ1) is 13.5. The molecular formula is C14H23N3O. The fourth-order valence-electron chi connectivity index (χ4n) is 2.98. The number of nitrogens with one attached hydrogen (secondary N) is 1. The van der Waals surface area contributed by atoms with Crippen molar-refractivity contribution in [2.45, 2.75) is 50.7 Å². The molecule has 18 heavy (non-hydrogen) atoms. The second kappa shape index (κ2) is 5.34. The highest BCUT2D eigenvalue weighted by atomic mass is 16.5. The van der Waals surface area contributed by atoms with Crippen LogP contribution in [0.5, 0.6) is 0 Å². The minimum atomic E-state index is -0.265. The number of rotatable bonds is 5. The van der Waals surface area contributed by atoms with E-state index in [-0.39, 0.29) is 11.6 Å². The molecule has 4 heteroatoms. The van der Waals surface area contributed by atoms with E-state index in [9.17, 15) is 0 Å². The van der Waals surface area contributed by atoms with Crippen molar-refractivity contribution in [2.75, 3.05) is 7.11 Å². The van der Waals surface area contributed by atoms with Crippen molar-refractivity contribution in [1.82, 2.24) is 10.4 Å². The molecule has 0 saturated heterocycles. The number of methoxy groups -OCH3 is 1. The molecule has 0 saturated carbocycles. The lowest BCUT2D eigenvalue weighted by molar-refractivity contribution is -0.0367. The molecule has 3 atom stereocenters. The highest BCUT2D eigenvalue weighted by molar-refractivity contribution is 5.30. The van der Waals surface area contributed by atoms with Gasteiger partial charge in [-0.25, -0.2) is 0 Å². The lowest BCUT2D eigenvalue weighted by Gasteiger charge is -2.38. The molecule has 1 aromatic rings. The molecule has 100 valence electrons. The molecule has 0 spiro atoms. The third-order valence-electron chi connectivity index (χ3n) is 4.41. The van der Waals surface area contributed by atoms with Crippen LogP contribution >= 0.6 is 0 Å². The zero-order chi connectivity index (χ0) is 13.2. The Balaban J connectivity index is 2.31. The number of hydrogen-bond acceptors (Lipinski definition) is 4. The monoisotopic (exact) mass is 249 g/mol. The Kier molecular flexibility index (Phi) is 4.00. The molecule has 1 aliphatic carbocycles. The molecule has 0 fully saturated rings.